The van der Waals surface area contributed by atoms with Gasteiger partial charge in [0.2, 0.25) is 11.9 Å². The Morgan fingerprint density at radius 2 is 1.88 bits per heavy atom. The third kappa shape index (κ3) is 5.25. The van der Waals surface area contributed by atoms with Crippen LogP contribution in [0, 0.1) is 0 Å². The highest BCUT2D eigenvalue weighted by Gasteiger charge is 2.31. The predicted octanol–water partition coefficient (Wildman–Crippen LogP) is 4.43. The molecule has 1 aliphatic rings. The fraction of sp³-hybridized carbons (Fsp3) is 0.346. The molecule has 7 nitrogen and oxygen atoms in total. The number of hydrogen-bond donors (Lipinski definition) is 1. The monoisotopic (exact) mass is 446 g/mol. The second-order valence-corrected chi connectivity index (χ2v) is 8.21. The second kappa shape index (κ2) is 10.3. The van der Waals surface area contributed by atoms with Crippen molar-refractivity contribution in [3.63, 3.8) is 0 Å². The van der Waals surface area contributed by atoms with Crippen molar-refractivity contribution in [3.8, 4) is 22.6 Å². The number of likely N-dealkylation sites (tertiary alicyclic amines) is 1. The molecule has 2 heterocycles. The summed E-state index contributed by atoms with van der Waals surface area (Å²) in [6, 6.07) is 15.5. The molecule has 1 saturated heterocycles. The van der Waals surface area contributed by atoms with Crippen LogP contribution in [0.3, 0.4) is 0 Å². The van der Waals surface area contributed by atoms with E-state index in [1.165, 1.54) is 0 Å². The van der Waals surface area contributed by atoms with Crippen LogP contribution < -0.4 is 15.2 Å². The minimum Gasteiger partial charge on any atom is -0.497 e. The fourth-order valence-corrected chi connectivity index (χ4v) is 4.38. The Morgan fingerprint density at radius 3 is 2.64 bits per heavy atom. The molecule has 1 aliphatic heterocycles. The van der Waals surface area contributed by atoms with E-state index < -0.39 is 0 Å². The molecule has 2 N–H and O–H groups in total. The minimum absolute atomic E-state index is 0.129. The van der Waals surface area contributed by atoms with E-state index in [4.69, 9.17) is 15.2 Å². The fourth-order valence-electron chi connectivity index (χ4n) is 4.38. The maximum Gasteiger partial charge on any atom is 0.223 e. The molecule has 0 radical (unpaired) electrons. The van der Waals surface area contributed by atoms with Gasteiger partial charge in [-0.05, 0) is 61.1 Å². The molecule has 0 aliphatic carbocycles. The van der Waals surface area contributed by atoms with Crippen LogP contribution in [0.5, 0.6) is 11.5 Å². The zero-order valence-corrected chi connectivity index (χ0v) is 19.2. The van der Waals surface area contributed by atoms with E-state index in [2.05, 4.69) is 9.97 Å². The maximum absolute atomic E-state index is 13.3. The largest absolute Gasteiger partial charge is 0.497 e. The van der Waals surface area contributed by atoms with Crippen molar-refractivity contribution in [2.75, 3.05) is 26.5 Å². The van der Waals surface area contributed by atoms with Crippen molar-refractivity contribution in [3.05, 3.63) is 66.0 Å². The number of amides is 1. The standard InChI is InChI=1S/C26H30N4O3/c1-32-20-12-9-18(10-13-20)11-14-24(31)30-15-4-3-8-23(30)25-22(17-28-26(27)29-25)19-6-5-7-21(16-19)33-2/h5-7,9-10,12-13,16-17,23H,3-4,8,11,14-15H2,1-2H3,(H2,27,28,29)/t23-/m0/s1. The highest BCUT2D eigenvalue weighted by Crippen LogP contribution is 2.37. The topological polar surface area (TPSA) is 90.6 Å². The van der Waals surface area contributed by atoms with E-state index in [0.29, 0.717) is 19.4 Å². The molecule has 1 atom stereocenters. The van der Waals surface area contributed by atoms with Crippen molar-refractivity contribution >= 4 is 11.9 Å². The molecule has 4 rings (SSSR count). The molecular formula is C26H30N4O3. The first-order chi connectivity index (χ1) is 16.1. The van der Waals surface area contributed by atoms with Crippen LogP contribution in [0.25, 0.3) is 11.1 Å². The normalized spacial score (nSPS) is 15.8. The quantitative estimate of drug-likeness (QED) is 0.577. The van der Waals surface area contributed by atoms with Gasteiger partial charge in [0, 0.05) is 24.7 Å². The smallest absolute Gasteiger partial charge is 0.223 e. The summed E-state index contributed by atoms with van der Waals surface area (Å²) in [4.78, 5) is 24.1. The molecule has 0 unspecified atom stereocenters. The van der Waals surface area contributed by atoms with E-state index in [9.17, 15) is 4.79 Å². The summed E-state index contributed by atoms with van der Waals surface area (Å²) in [5, 5.41) is 0. The van der Waals surface area contributed by atoms with Crippen LogP contribution in [0.1, 0.15) is 43.0 Å². The van der Waals surface area contributed by atoms with E-state index >= 15 is 0 Å². The summed E-state index contributed by atoms with van der Waals surface area (Å²) in [6.45, 7) is 0.716. The number of piperidine rings is 1. The summed E-state index contributed by atoms with van der Waals surface area (Å²) in [5.41, 5.74) is 9.72. The summed E-state index contributed by atoms with van der Waals surface area (Å²) in [6.07, 6.45) is 5.75. The van der Waals surface area contributed by atoms with Crippen LogP contribution in [0.2, 0.25) is 0 Å². The predicted molar refractivity (Wildman–Crippen MR) is 128 cm³/mol. The van der Waals surface area contributed by atoms with Crippen LogP contribution in [-0.2, 0) is 11.2 Å². The van der Waals surface area contributed by atoms with Crippen molar-refractivity contribution < 1.29 is 14.3 Å². The number of carbonyl (C=O) groups excluding carboxylic acids is 1. The number of nitrogens with two attached hydrogens (primary N) is 1. The lowest BCUT2D eigenvalue weighted by Crippen LogP contribution is -2.39. The Balaban J connectivity index is 1.58. The van der Waals surface area contributed by atoms with Gasteiger partial charge in [0.05, 0.1) is 26.0 Å². The zero-order valence-electron chi connectivity index (χ0n) is 19.2. The van der Waals surface area contributed by atoms with Crippen molar-refractivity contribution in [1.82, 2.24) is 14.9 Å². The number of ether oxygens (including phenoxy) is 2. The molecule has 2 aromatic carbocycles. The summed E-state index contributed by atoms with van der Waals surface area (Å²) in [5.74, 6) is 1.91. The van der Waals surface area contributed by atoms with Gasteiger partial charge < -0.3 is 20.1 Å². The van der Waals surface area contributed by atoms with Gasteiger partial charge in [-0.1, -0.05) is 24.3 Å². The van der Waals surface area contributed by atoms with Crippen molar-refractivity contribution in [2.45, 2.75) is 38.1 Å². The van der Waals surface area contributed by atoms with Gasteiger partial charge in [-0.3, -0.25) is 4.79 Å². The maximum atomic E-state index is 13.3. The van der Waals surface area contributed by atoms with Crippen molar-refractivity contribution in [2.24, 2.45) is 0 Å². The lowest BCUT2D eigenvalue weighted by atomic mass is 9.93. The number of aryl methyl sites for hydroxylation is 1. The average molecular weight is 447 g/mol. The molecule has 7 heteroatoms. The average Bonchev–Trinajstić information content (AvgIpc) is 2.87. The van der Waals surface area contributed by atoms with Crippen LogP contribution in [0.4, 0.5) is 5.95 Å². The number of hydrogen-bond acceptors (Lipinski definition) is 6. The van der Waals surface area contributed by atoms with E-state index in [0.717, 1.165) is 53.1 Å². The van der Waals surface area contributed by atoms with Crippen molar-refractivity contribution in [1.29, 1.82) is 0 Å². The molecule has 172 valence electrons. The summed E-state index contributed by atoms with van der Waals surface area (Å²) in [7, 11) is 3.29. The molecule has 33 heavy (non-hydrogen) atoms. The van der Waals surface area contributed by atoms with Gasteiger partial charge in [0.15, 0.2) is 0 Å². The lowest BCUT2D eigenvalue weighted by Gasteiger charge is -2.36. The molecule has 0 saturated carbocycles. The molecule has 3 aromatic rings. The number of rotatable bonds is 7. The SMILES string of the molecule is COc1ccc(CCC(=O)N2CCCC[C@H]2c2nc(N)ncc2-c2cccc(OC)c2)cc1. The minimum atomic E-state index is -0.131. The van der Waals surface area contributed by atoms with Gasteiger partial charge in [-0.15, -0.1) is 0 Å². The number of anilines is 1. The van der Waals surface area contributed by atoms with E-state index in [1.54, 1.807) is 20.4 Å². The van der Waals surface area contributed by atoms with Gasteiger partial charge in [-0.25, -0.2) is 9.97 Å². The summed E-state index contributed by atoms with van der Waals surface area (Å²) < 4.78 is 10.6. The Hall–Kier alpha value is -3.61. The van der Waals surface area contributed by atoms with Gasteiger partial charge in [0.1, 0.15) is 11.5 Å². The second-order valence-electron chi connectivity index (χ2n) is 8.21. The first kappa shape index (κ1) is 22.6. The Morgan fingerprint density at radius 1 is 1.09 bits per heavy atom. The Labute approximate surface area is 194 Å². The molecule has 0 bridgehead atoms. The van der Waals surface area contributed by atoms with Crippen LogP contribution in [-0.4, -0.2) is 41.5 Å². The third-order valence-corrected chi connectivity index (χ3v) is 6.14. The highest BCUT2D eigenvalue weighted by molar-refractivity contribution is 5.78. The number of methoxy groups -OCH3 is 2. The van der Waals surface area contributed by atoms with Gasteiger partial charge in [-0.2, -0.15) is 0 Å². The molecule has 1 aromatic heterocycles. The van der Waals surface area contributed by atoms with E-state index in [-0.39, 0.29) is 17.9 Å². The molecule has 1 fully saturated rings. The Kier molecular flexibility index (Phi) is 7.07. The number of nitrogens with zero attached hydrogens (tertiary/aromatic N) is 3. The Bertz CT molecular complexity index is 1100. The highest BCUT2D eigenvalue weighted by atomic mass is 16.5. The van der Waals surface area contributed by atoms with Gasteiger partial charge >= 0.3 is 0 Å². The first-order valence-electron chi connectivity index (χ1n) is 11.3. The molecule has 0 spiro atoms. The first-order valence-corrected chi connectivity index (χ1v) is 11.3. The lowest BCUT2D eigenvalue weighted by molar-refractivity contribution is -0.135. The summed E-state index contributed by atoms with van der Waals surface area (Å²) >= 11 is 0. The number of nitrogen functional groups attached to an aromatic ring is 1. The number of benzene rings is 2. The number of aromatic nitrogens is 2. The van der Waals surface area contributed by atoms with E-state index in [1.807, 2.05) is 53.4 Å². The number of carbonyl (C=O) groups is 1. The molecule has 1 amide bonds. The van der Waals surface area contributed by atoms with Gasteiger partial charge in [0.25, 0.3) is 0 Å². The third-order valence-electron chi connectivity index (χ3n) is 6.14. The van der Waals surface area contributed by atoms with Crippen LogP contribution in [0.15, 0.2) is 54.7 Å². The zero-order chi connectivity index (χ0) is 23.2. The molecular weight excluding hydrogens is 416 g/mol. The van der Waals surface area contributed by atoms with Crippen LogP contribution >= 0.6 is 0 Å².